The number of aromatic nitrogens is 3. The lowest BCUT2D eigenvalue weighted by molar-refractivity contribution is -0.131. The summed E-state index contributed by atoms with van der Waals surface area (Å²) in [6.07, 6.45) is 6.27. The molecule has 156 valence electrons. The molecule has 1 aromatic carbocycles. The Bertz CT molecular complexity index is 973. The molecule has 1 saturated heterocycles. The molecule has 0 spiro atoms. The first-order valence-electron chi connectivity index (χ1n) is 10.4. The summed E-state index contributed by atoms with van der Waals surface area (Å²) >= 11 is 0. The normalized spacial score (nSPS) is 16.4. The van der Waals surface area contributed by atoms with Crippen molar-refractivity contribution in [3.63, 3.8) is 0 Å². The van der Waals surface area contributed by atoms with Gasteiger partial charge in [0.05, 0.1) is 18.9 Å². The molecule has 7 heteroatoms. The highest BCUT2D eigenvalue weighted by molar-refractivity contribution is 5.78. The lowest BCUT2D eigenvalue weighted by Crippen LogP contribution is -2.40. The van der Waals surface area contributed by atoms with E-state index in [0.717, 1.165) is 36.3 Å². The number of ether oxygens (including phenoxy) is 1. The molecular weight excluding hydrogens is 380 g/mol. The van der Waals surface area contributed by atoms with Gasteiger partial charge < -0.3 is 14.2 Å². The van der Waals surface area contributed by atoms with Crippen LogP contribution in [0.1, 0.15) is 41.6 Å². The number of hydrogen-bond donors (Lipinski definition) is 0. The van der Waals surface area contributed by atoms with Crippen molar-refractivity contribution in [2.75, 3.05) is 19.7 Å². The fourth-order valence-corrected chi connectivity index (χ4v) is 3.69. The molecule has 3 heterocycles. The van der Waals surface area contributed by atoms with Crippen LogP contribution in [0.3, 0.4) is 0 Å². The second kappa shape index (κ2) is 9.52. The Kier molecular flexibility index (Phi) is 6.37. The summed E-state index contributed by atoms with van der Waals surface area (Å²) in [5.74, 6) is 2.28. The summed E-state index contributed by atoms with van der Waals surface area (Å²) in [5.41, 5.74) is 2.09. The van der Waals surface area contributed by atoms with E-state index in [1.165, 1.54) is 0 Å². The first kappa shape index (κ1) is 20.1. The van der Waals surface area contributed by atoms with Crippen LogP contribution in [0.15, 0.2) is 53.3 Å². The van der Waals surface area contributed by atoms with Crippen molar-refractivity contribution < 1.29 is 14.1 Å². The van der Waals surface area contributed by atoms with Crippen LogP contribution in [0.2, 0.25) is 0 Å². The quantitative estimate of drug-likeness (QED) is 0.599. The molecule has 0 bridgehead atoms. The van der Waals surface area contributed by atoms with Gasteiger partial charge in [-0.2, -0.15) is 4.98 Å². The van der Waals surface area contributed by atoms with E-state index in [2.05, 4.69) is 15.1 Å². The number of pyridine rings is 1. The van der Waals surface area contributed by atoms with Crippen LogP contribution in [0.25, 0.3) is 0 Å². The number of aryl methyl sites for hydroxylation is 1. The minimum Gasteiger partial charge on any atom is -0.493 e. The number of benzene rings is 1. The highest BCUT2D eigenvalue weighted by atomic mass is 16.5. The van der Waals surface area contributed by atoms with Crippen LogP contribution in [0, 0.1) is 6.92 Å². The van der Waals surface area contributed by atoms with Gasteiger partial charge in [-0.25, -0.2) is 0 Å². The average Bonchev–Trinajstić information content (AvgIpc) is 3.24. The fourth-order valence-electron chi connectivity index (χ4n) is 3.69. The van der Waals surface area contributed by atoms with Crippen molar-refractivity contribution in [3.8, 4) is 5.75 Å². The Labute approximate surface area is 176 Å². The number of hydrogen-bond acceptors (Lipinski definition) is 6. The Hall–Kier alpha value is -3.22. The van der Waals surface area contributed by atoms with Gasteiger partial charge in [-0.05, 0) is 49.1 Å². The molecular formula is C23H26N4O3. The lowest BCUT2D eigenvalue weighted by Gasteiger charge is -2.31. The number of piperidine rings is 1. The third-order valence-electron chi connectivity index (χ3n) is 5.27. The van der Waals surface area contributed by atoms with Crippen molar-refractivity contribution in [1.29, 1.82) is 0 Å². The summed E-state index contributed by atoms with van der Waals surface area (Å²) in [5, 5.41) is 4.10. The number of rotatable bonds is 7. The van der Waals surface area contributed by atoms with Gasteiger partial charge in [-0.15, -0.1) is 0 Å². The molecule has 3 aromatic rings. The number of nitrogens with zero attached hydrogens (tertiary/aromatic N) is 4. The van der Waals surface area contributed by atoms with Crippen molar-refractivity contribution in [1.82, 2.24) is 20.0 Å². The highest BCUT2D eigenvalue weighted by Crippen LogP contribution is 2.26. The van der Waals surface area contributed by atoms with Gasteiger partial charge in [0.25, 0.3) is 0 Å². The summed E-state index contributed by atoms with van der Waals surface area (Å²) in [6.45, 7) is 3.90. The maximum atomic E-state index is 12.7. The second-order valence-corrected chi connectivity index (χ2v) is 7.68. The molecule has 1 unspecified atom stereocenters. The Morgan fingerprint density at radius 2 is 2.23 bits per heavy atom. The molecule has 0 saturated carbocycles. The molecule has 0 N–H and O–H groups in total. The van der Waals surface area contributed by atoms with Gasteiger partial charge in [0.1, 0.15) is 5.75 Å². The van der Waals surface area contributed by atoms with Crippen LogP contribution in [-0.4, -0.2) is 45.6 Å². The van der Waals surface area contributed by atoms with Crippen molar-refractivity contribution in [3.05, 3.63) is 71.6 Å². The van der Waals surface area contributed by atoms with Crippen LogP contribution in [0.4, 0.5) is 0 Å². The van der Waals surface area contributed by atoms with Gasteiger partial charge in [0.15, 0.2) is 5.82 Å². The zero-order chi connectivity index (χ0) is 20.8. The summed E-state index contributed by atoms with van der Waals surface area (Å²) < 4.78 is 11.3. The first-order chi connectivity index (χ1) is 14.7. The van der Waals surface area contributed by atoms with E-state index < -0.39 is 0 Å². The van der Waals surface area contributed by atoms with Crippen molar-refractivity contribution in [2.24, 2.45) is 0 Å². The highest BCUT2D eigenvalue weighted by Gasteiger charge is 2.28. The minimum atomic E-state index is 0.0792. The third kappa shape index (κ3) is 5.23. The SMILES string of the molecule is Cc1cccc(OCCc2noc(C3CCCN(C(=O)Cc4cccnc4)C3)n2)c1. The van der Waals surface area contributed by atoms with Gasteiger partial charge in [-0.1, -0.05) is 23.4 Å². The van der Waals surface area contributed by atoms with E-state index in [0.29, 0.717) is 37.7 Å². The summed E-state index contributed by atoms with van der Waals surface area (Å²) in [7, 11) is 0. The largest absolute Gasteiger partial charge is 0.493 e. The fraction of sp³-hybridized carbons (Fsp3) is 0.391. The van der Waals surface area contributed by atoms with E-state index >= 15 is 0 Å². The molecule has 1 fully saturated rings. The second-order valence-electron chi connectivity index (χ2n) is 7.68. The Balaban J connectivity index is 1.29. The Morgan fingerprint density at radius 1 is 1.30 bits per heavy atom. The van der Waals surface area contributed by atoms with Crippen molar-refractivity contribution in [2.45, 2.75) is 38.5 Å². The first-order valence-corrected chi connectivity index (χ1v) is 10.4. The van der Waals surface area contributed by atoms with Gasteiger partial charge in [-0.3, -0.25) is 9.78 Å². The van der Waals surface area contributed by atoms with Gasteiger partial charge in [0.2, 0.25) is 11.8 Å². The molecule has 0 radical (unpaired) electrons. The lowest BCUT2D eigenvalue weighted by atomic mass is 9.97. The van der Waals surface area contributed by atoms with Crippen LogP contribution in [0.5, 0.6) is 5.75 Å². The molecule has 30 heavy (non-hydrogen) atoms. The molecule has 1 aliphatic heterocycles. The van der Waals surface area contributed by atoms with Crippen molar-refractivity contribution >= 4 is 5.91 Å². The van der Waals surface area contributed by atoms with Crippen LogP contribution in [-0.2, 0) is 17.6 Å². The summed E-state index contributed by atoms with van der Waals surface area (Å²) in [6, 6.07) is 11.7. The summed E-state index contributed by atoms with van der Waals surface area (Å²) in [4.78, 5) is 23.2. The van der Waals surface area contributed by atoms with Gasteiger partial charge >= 0.3 is 0 Å². The molecule has 1 amide bonds. The zero-order valence-electron chi connectivity index (χ0n) is 17.2. The number of likely N-dealkylation sites (tertiary alicyclic amines) is 1. The minimum absolute atomic E-state index is 0.0792. The molecule has 2 aromatic heterocycles. The molecule has 1 aliphatic rings. The monoisotopic (exact) mass is 406 g/mol. The predicted octanol–water partition coefficient (Wildman–Crippen LogP) is 3.34. The van der Waals surface area contributed by atoms with E-state index in [9.17, 15) is 4.79 Å². The van der Waals surface area contributed by atoms with Crippen LogP contribution >= 0.6 is 0 Å². The maximum Gasteiger partial charge on any atom is 0.231 e. The molecule has 1 atom stereocenters. The third-order valence-corrected chi connectivity index (χ3v) is 5.27. The van der Waals surface area contributed by atoms with Gasteiger partial charge in [0, 0.05) is 31.9 Å². The van der Waals surface area contributed by atoms with E-state index in [4.69, 9.17) is 9.26 Å². The number of carbonyl (C=O) groups is 1. The van der Waals surface area contributed by atoms with Crippen LogP contribution < -0.4 is 4.74 Å². The standard InChI is InChI=1S/C23H26N4O3/c1-17-5-2-8-20(13-17)29-12-9-21-25-23(30-26-21)19-7-4-11-27(16-19)22(28)14-18-6-3-10-24-15-18/h2-3,5-6,8,10,13,15,19H,4,7,9,11-12,14,16H2,1H3. The smallest absolute Gasteiger partial charge is 0.231 e. The van der Waals surface area contributed by atoms with E-state index in [1.54, 1.807) is 12.4 Å². The van der Waals surface area contributed by atoms with E-state index in [1.807, 2.05) is 48.2 Å². The average molecular weight is 406 g/mol. The topological polar surface area (TPSA) is 81.4 Å². The zero-order valence-corrected chi connectivity index (χ0v) is 17.2. The molecule has 4 rings (SSSR count). The molecule has 7 nitrogen and oxygen atoms in total. The molecule has 0 aliphatic carbocycles. The maximum absolute atomic E-state index is 12.7. The number of carbonyl (C=O) groups excluding carboxylic acids is 1. The predicted molar refractivity (Wildman–Crippen MR) is 111 cm³/mol. The Morgan fingerprint density at radius 3 is 3.07 bits per heavy atom. The van der Waals surface area contributed by atoms with E-state index in [-0.39, 0.29) is 11.8 Å². The number of amides is 1.